The smallest absolute Gasteiger partial charge is 0.256 e. The van der Waals surface area contributed by atoms with Crippen molar-refractivity contribution < 1.29 is 9.53 Å². The van der Waals surface area contributed by atoms with E-state index in [1.165, 1.54) is 0 Å². The van der Waals surface area contributed by atoms with Gasteiger partial charge in [0.2, 0.25) is 0 Å². The number of benzene rings is 1. The van der Waals surface area contributed by atoms with Crippen molar-refractivity contribution in [1.29, 1.82) is 0 Å². The second-order valence-electron chi connectivity index (χ2n) is 4.20. The van der Waals surface area contributed by atoms with Crippen molar-refractivity contribution in [3.05, 3.63) is 28.8 Å². The predicted octanol–water partition coefficient (Wildman–Crippen LogP) is 2.24. The van der Waals surface area contributed by atoms with Gasteiger partial charge in [-0.15, -0.1) is 0 Å². The minimum atomic E-state index is 0.00681. The number of nitrogens with zero attached hydrogens (tertiary/aromatic N) is 1. The van der Waals surface area contributed by atoms with E-state index >= 15 is 0 Å². The summed E-state index contributed by atoms with van der Waals surface area (Å²) in [5.41, 5.74) is 1.42. The van der Waals surface area contributed by atoms with Crippen LogP contribution in [0.4, 0.5) is 5.69 Å². The molecule has 1 aromatic carbocycles. The third kappa shape index (κ3) is 2.94. The maximum Gasteiger partial charge on any atom is 0.256 e. The van der Waals surface area contributed by atoms with Gasteiger partial charge in [0.05, 0.1) is 12.2 Å². The largest absolute Gasteiger partial charge is 0.387 e. The molecule has 4 nitrogen and oxygen atoms in total. The number of rotatable bonds is 2. The second kappa shape index (κ2) is 6.07. The standard InChI is InChI=1S/C13H17ClN2O2/c1-15-12-4-3-10(14)9-11(12)13(17)16-5-2-7-18-8-6-16/h3-4,9,15H,2,5-8H2,1H3. The summed E-state index contributed by atoms with van der Waals surface area (Å²) in [5.74, 6) is 0.00681. The summed E-state index contributed by atoms with van der Waals surface area (Å²) in [7, 11) is 1.80. The molecule has 0 radical (unpaired) electrons. The summed E-state index contributed by atoms with van der Waals surface area (Å²) in [4.78, 5) is 14.3. The lowest BCUT2D eigenvalue weighted by Crippen LogP contribution is -2.33. The molecule has 0 aromatic heterocycles. The third-order valence-electron chi connectivity index (χ3n) is 2.99. The molecule has 1 amide bonds. The average molecular weight is 269 g/mol. The van der Waals surface area contributed by atoms with Crippen molar-refractivity contribution in [2.45, 2.75) is 6.42 Å². The van der Waals surface area contributed by atoms with Crippen molar-refractivity contribution in [2.75, 3.05) is 38.7 Å². The molecule has 0 aliphatic carbocycles. The normalized spacial score (nSPS) is 16.2. The number of halogens is 1. The van der Waals surface area contributed by atoms with Crippen molar-refractivity contribution in [1.82, 2.24) is 4.90 Å². The zero-order valence-corrected chi connectivity index (χ0v) is 11.2. The Morgan fingerprint density at radius 2 is 2.22 bits per heavy atom. The number of anilines is 1. The molecule has 0 spiro atoms. The summed E-state index contributed by atoms with van der Waals surface area (Å²) in [5, 5.41) is 3.59. The molecule has 1 aliphatic heterocycles. The number of hydrogen-bond donors (Lipinski definition) is 1. The Labute approximate surface area is 112 Å². The van der Waals surface area contributed by atoms with E-state index in [0.717, 1.165) is 25.3 Å². The Hall–Kier alpha value is -1.26. The molecule has 1 aromatic rings. The van der Waals surface area contributed by atoms with Gasteiger partial charge >= 0.3 is 0 Å². The van der Waals surface area contributed by atoms with E-state index in [2.05, 4.69) is 5.32 Å². The van der Waals surface area contributed by atoms with Crippen LogP contribution in [0.5, 0.6) is 0 Å². The van der Waals surface area contributed by atoms with E-state index in [4.69, 9.17) is 16.3 Å². The molecule has 1 aliphatic rings. The number of nitrogens with one attached hydrogen (secondary N) is 1. The fraction of sp³-hybridized carbons (Fsp3) is 0.462. The molecule has 0 saturated carbocycles. The van der Waals surface area contributed by atoms with Crippen LogP contribution in [-0.4, -0.2) is 44.2 Å². The van der Waals surface area contributed by atoms with Crippen LogP contribution < -0.4 is 5.32 Å². The van der Waals surface area contributed by atoms with E-state index < -0.39 is 0 Å². The Bertz CT molecular complexity index is 429. The number of hydrogen-bond acceptors (Lipinski definition) is 3. The van der Waals surface area contributed by atoms with Crippen LogP contribution in [0, 0.1) is 0 Å². The van der Waals surface area contributed by atoms with Crippen molar-refractivity contribution >= 4 is 23.2 Å². The first-order chi connectivity index (χ1) is 8.72. The van der Waals surface area contributed by atoms with Crippen LogP contribution in [0.2, 0.25) is 5.02 Å². The van der Waals surface area contributed by atoms with Crippen LogP contribution in [-0.2, 0) is 4.74 Å². The van der Waals surface area contributed by atoms with Crippen LogP contribution in [0.15, 0.2) is 18.2 Å². The molecule has 1 saturated heterocycles. The fourth-order valence-electron chi connectivity index (χ4n) is 2.03. The summed E-state index contributed by atoms with van der Waals surface area (Å²) >= 11 is 5.97. The average Bonchev–Trinajstić information content (AvgIpc) is 2.66. The molecule has 1 heterocycles. The van der Waals surface area contributed by atoms with Crippen molar-refractivity contribution in [3.8, 4) is 0 Å². The van der Waals surface area contributed by atoms with Crippen LogP contribution in [0.1, 0.15) is 16.8 Å². The Morgan fingerprint density at radius 1 is 1.39 bits per heavy atom. The molecule has 1 N–H and O–H groups in total. The molecular formula is C13H17ClN2O2. The first kappa shape index (κ1) is 13.2. The SMILES string of the molecule is CNc1ccc(Cl)cc1C(=O)N1CCCOCC1. The summed E-state index contributed by atoms with van der Waals surface area (Å²) in [6.45, 7) is 2.68. The monoisotopic (exact) mass is 268 g/mol. The van der Waals surface area contributed by atoms with E-state index in [1.807, 2.05) is 11.0 Å². The van der Waals surface area contributed by atoms with Crippen LogP contribution in [0.3, 0.4) is 0 Å². The first-order valence-corrected chi connectivity index (χ1v) is 6.44. The Morgan fingerprint density at radius 3 is 3.00 bits per heavy atom. The molecule has 1 fully saturated rings. The van der Waals surface area contributed by atoms with Crippen molar-refractivity contribution in [3.63, 3.8) is 0 Å². The van der Waals surface area contributed by atoms with E-state index in [0.29, 0.717) is 23.7 Å². The summed E-state index contributed by atoms with van der Waals surface area (Å²) in [6.07, 6.45) is 0.876. The van der Waals surface area contributed by atoms with Gasteiger partial charge in [0, 0.05) is 37.5 Å². The highest BCUT2D eigenvalue weighted by molar-refractivity contribution is 6.31. The molecular weight excluding hydrogens is 252 g/mol. The summed E-state index contributed by atoms with van der Waals surface area (Å²) < 4.78 is 5.36. The number of carbonyl (C=O) groups excluding carboxylic acids is 1. The predicted molar refractivity (Wildman–Crippen MR) is 72.3 cm³/mol. The van der Waals surface area contributed by atoms with E-state index in [1.54, 1.807) is 19.2 Å². The zero-order valence-electron chi connectivity index (χ0n) is 10.4. The van der Waals surface area contributed by atoms with Gasteiger partial charge in [-0.25, -0.2) is 0 Å². The minimum absolute atomic E-state index is 0.00681. The molecule has 0 atom stereocenters. The molecule has 0 bridgehead atoms. The summed E-state index contributed by atoms with van der Waals surface area (Å²) in [6, 6.07) is 5.31. The lowest BCUT2D eigenvalue weighted by atomic mass is 10.1. The van der Waals surface area contributed by atoms with Crippen molar-refractivity contribution in [2.24, 2.45) is 0 Å². The maximum atomic E-state index is 12.5. The van der Waals surface area contributed by atoms with Gasteiger partial charge in [-0.1, -0.05) is 11.6 Å². The highest BCUT2D eigenvalue weighted by Crippen LogP contribution is 2.22. The van der Waals surface area contributed by atoms with Gasteiger partial charge in [0.25, 0.3) is 5.91 Å². The second-order valence-corrected chi connectivity index (χ2v) is 4.63. The van der Waals surface area contributed by atoms with Crippen LogP contribution >= 0.6 is 11.6 Å². The van der Waals surface area contributed by atoms with Gasteiger partial charge in [0.15, 0.2) is 0 Å². The molecule has 2 rings (SSSR count). The number of amides is 1. The molecule has 0 unspecified atom stereocenters. The fourth-order valence-corrected chi connectivity index (χ4v) is 2.20. The highest BCUT2D eigenvalue weighted by Gasteiger charge is 2.20. The lowest BCUT2D eigenvalue weighted by molar-refractivity contribution is 0.0742. The van der Waals surface area contributed by atoms with E-state index in [-0.39, 0.29) is 5.91 Å². The van der Waals surface area contributed by atoms with Gasteiger partial charge in [-0.05, 0) is 24.6 Å². The first-order valence-electron chi connectivity index (χ1n) is 6.06. The van der Waals surface area contributed by atoms with E-state index in [9.17, 15) is 4.79 Å². The van der Waals surface area contributed by atoms with Crippen LogP contribution in [0.25, 0.3) is 0 Å². The molecule has 18 heavy (non-hydrogen) atoms. The van der Waals surface area contributed by atoms with Gasteiger partial charge in [0.1, 0.15) is 0 Å². The minimum Gasteiger partial charge on any atom is -0.387 e. The lowest BCUT2D eigenvalue weighted by Gasteiger charge is -2.21. The molecule has 98 valence electrons. The van der Waals surface area contributed by atoms with Gasteiger partial charge in [-0.3, -0.25) is 4.79 Å². The maximum absolute atomic E-state index is 12.5. The third-order valence-corrected chi connectivity index (χ3v) is 3.23. The highest BCUT2D eigenvalue weighted by atomic mass is 35.5. The number of carbonyl (C=O) groups is 1. The number of ether oxygens (including phenoxy) is 1. The Kier molecular flexibility index (Phi) is 4.44. The quantitative estimate of drug-likeness (QED) is 0.894. The zero-order chi connectivity index (χ0) is 13.0. The van der Waals surface area contributed by atoms with Gasteiger partial charge < -0.3 is 15.0 Å². The van der Waals surface area contributed by atoms with Gasteiger partial charge in [-0.2, -0.15) is 0 Å². The molecule has 5 heteroatoms. The topological polar surface area (TPSA) is 41.6 Å². The Balaban J connectivity index is 2.23.